The van der Waals surface area contributed by atoms with Crippen molar-refractivity contribution in [2.45, 2.75) is 13.1 Å². The summed E-state index contributed by atoms with van der Waals surface area (Å²) >= 11 is 1.74. The molecule has 92 valence electrons. The zero-order chi connectivity index (χ0) is 12.6. The summed E-state index contributed by atoms with van der Waals surface area (Å²) in [6.07, 6.45) is 0. The summed E-state index contributed by atoms with van der Waals surface area (Å²) < 4.78 is 5.38. The normalized spacial score (nSPS) is 9.94. The lowest BCUT2D eigenvalue weighted by atomic mass is 10.2. The molecule has 1 aromatic heterocycles. The molecule has 0 atom stereocenters. The number of ether oxygens (including phenoxy) is 1. The predicted molar refractivity (Wildman–Crippen MR) is 72.4 cm³/mol. The summed E-state index contributed by atoms with van der Waals surface area (Å²) in [5, 5.41) is 14.0. The summed E-state index contributed by atoms with van der Waals surface area (Å²) in [5.41, 5.74) is 1.07. The maximum absolute atomic E-state index is 8.53. The highest BCUT2D eigenvalue weighted by Crippen LogP contribution is 2.18. The number of rotatable bonds is 6. The highest BCUT2D eigenvalue weighted by Gasteiger charge is 2.02. The summed E-state index contributed by atoms with van der Waals surface area (Å²) in [5.74, 6) is 0.776. The van der Waals surface area contributed by atoms with Crippen LogP contribution in [0.15, 0.2) is 41.8 Å². The highest BCUT2D eigenvalue weighted by molar-refractivity contribution is 7.09. The van der Waals surface area contributed by atoms with E-state index in [4.69, 9.17) is 10.00 Å². The van der Waals surface area contributed by atoms with E-state index >= 15 is 0 Å². The Bertz CT molecular complexity index is 517. The van der Waals surface area contributed by atoms with Gasteiger partial charge in [-0.1, -0.05) is 24.3 Å². The number of hydrogen-bond donors (Lipinski definition) is 1. The van der Waals surface area contributed by atoms with E-state index < -0.39 is 0 Å². The van der Waals surface area contributed by atoms with E-state index in [2.05, 4.69) is 16.8 Å². The van der Waals surface area contributed by atoms with Crippen molar-refractivity contribution < 1.29 is 4.74 Å². The first-order chi connectivity index (χ1) is 8.90. The largest absolute Gasteiger partial charge is 0.478 e. The minimum Gasteiger partial charge on any atom is -0.478 e. The van der Waals surface area contributed by atoms with E-state index in [9.17, 15) is 0 Å². The van der Waals surface area contributed by atoms with Crippen LogP contribution in [-0.4, -0.2) is 6.61 Å². The van der Waals surface area contributed by atoms with Gasteiger partial charge in [-0.3, -0.25) is 0 Å². The number of nitrogens with one attached hydrogen (secondary N) is 1. The third-order valence-electron chi connectivity index (χ3n) is 2.46. The van der Waals surface area contributed by atoms with Crippen LogP contribution in [0.3, 0.4) is 0 Å². The van der Waals surface area contributed by atoms with Crippen molar-refractivity contribution in [2.24, 2.45) is 0 Å². The van der Waals surface area contributed by atoms with Crippen LogP contribution >= 0.6 is 11.3 Å². The number of thiophene rings is 1. The molecule has 0 saturated heterocycles. The van der Waals surface area contributed by atoms with Crippen molar-refractivity contribution >= 4 is 11.3 Å². The third kappa shape index (κ3) is 3.59. The van der Waals surface area contributed by atoms with Gasteiger partial charge >= 0.3 is 0 Å². The molecule has 1 aromatic carbocycles. The van der Waals surface area contributed by atoms with Gasteiger partial charge in [-0.15, -0.1) is 11.3 Å². The maximum Gasteiger partial charge on any atom is 0.174 e. The van der Waals surface area contributed by atoms with Crippen LogP contribution in [-0.2, 0) is 13.1 Å². The molecule has 3 nitrogen and oxygen atoms in total. The van der Waals surface area contributed by atoms with E-state index in [1.807, 2.05) is 36.4 Å². The van der Waals surface area contributed by atoms with Crippen LogP contribution in [0, 0.1) is 11.3 Å². The minimum atomic E-state index is 0.0853. The SMILES string of the molecule is N#CCOc1ccccc1CNCc1cccs1. The number of benzene rings is 1. The zero-order valence-electron chi connectivity index (χ0n) is 9.93. The number of para-hydroxylation sites is 1. The lowest BCUT2D eigenvalue weighted by Crippen LogP contribution is -2.12. The monoisotopic (exact) mass is 258 g/mol. The fraction of sp³-hybridized carbons (Fsp3) is 0.214. The molecule has 0 bridgehead atoms. The van der Waals surface area contributed by atoms with Gasteiger partial charge in [0.2, 0.25) is 0 Å². The van der Waals surface area contributed by atoms with Gasteiger partial charge in [-0.2, -0.15) is 5.26 Å². The van der Waals surface area contributed by atoms with Gasteiger partial charge in [0.05, 0.1) is 0 Å². The summed E-state index contributed by atoms with van der Waals surface area (Å²) in [7, 11) is 0. The van der Waals surface area contributed by atoms with Crippen LogP contribution in [0.25, 0.3) is 0 Å². The first-order valence-electron chi connectivity index (χ1n) is 5.71. The molecule has 0 unspecified atom stereocenters. The molecule has 18 heavy (non-hydrogen) atoms. The molecular weight excluding hydrogens is 244 g/mol. The first kappa shape index (κ1) is 12.6. The Labute approximate surface area is 111 Å². The molecule has 0 fully saturated rings. The van der Waals surface area contributed by atoms with Crippen molar-refractivity contribution in [3.63, 3.8) is 0 Å². The molecule has 0 spiro atoms. The van der Waals surface area contributed by atoms with Crippen LogP contribution in [0.5, 0.6) is 5.75 Å². The van der Waals surface area contributed by atoms with Gasteiger partial charge in [0, 0.05) is 23.5 Å². The first-order valence-corrected chi connectivity index (χ1v) is 6.59. The number of hydrogen-bond acceptors (Lipinski definition) is 4. The summed E-state index contributed by atoms with van der Waals surface area (Å²) in [6.45, 7) is 1.67. The van der Waals surface area contributed by atoms with Gasteiger partial charge in [0.15, 0.2) is 6.61 Å². The van der Waals surface area contributed by atoms with Gasteiger partial charge in [0.1, 0.15) is 11.8 Å². The zero-order valence-corrected chi connectivity index (χ0v) is 10.7. The van der Waals surface area contributed by atoms with Crippen molar-refractivity contribution in [3.8, 4) is 11.8 Å². The van der Waals surface area contributed by atoms with Crippen LogP contribution in [0.4, 0.5) is 0 Å². The molecule has 0 amide bonds. The standard InChI is InChI=1S/C14H14N2OS/c15-7-8-17-14-6-2-1-4-12(14)10-16-11-13-5-3-9-18-13/h1-6,9,16H,8,10-11H2. The molecule has 1 N–H and O–H groups in total. The van der Waals surface area contributed by atoms with Gasteiger partial charge < -0.3 is 10.1 Å². The Morgan fingerprint density at radius 2 is 2.06 bits per heavy atom. The molecule has 0 saturated carbocycles. The molecule has 0 aliphatic carbocycles. The number of nitrogens with zero attached hydrogens (tertiary/aromatic N) is 1. The molecule has 2 aromatic rings. The Kier molecular flexibility index (Phi) is 4.77. The molecule has 0 aliphatic heterocycles. The molecule has 4 heteroatoms. The van der Waals surface area contributed by atoms with E-state index in [0.29, 0.717) is 0 Å². The smallest absolute Gasteiger partial charge is 0.174 e. The molecule has 2 rings (SSSR count). The van der Waals surface area contributed by atoms with Gasteiger partial charge in [-0.25, -0.2) is 0 Å². The van der Waals surface area contributed by atoms with Gasteiger partial charge in [-0.05, 0) is 17.5 Å². The van der Waals surface area contributed by atoms with Crippen LogP contribution in [0.2, 0.25) is 0 Å². The number of nitriles is 1. The summed E-state index contributed by atoms with van der Waals surface area (Å²) in [6, 6.07) is 13.9. The third-order valence-corrected chi connectivity index (χ3v) is 3.34. The Hall–Kier alpha value is -1.83. The predicted octanol–water partition coefficient (Wildman–Crippen LogP) is 2.94. The van der Waals surface area contributed by atoms with Crippen molar-refractivity contribution in [1.82, 2.24) is 5.32 Å². The van der Waals surface area contributed by atoms with Crippen molar-refractivity contribution in [2.75, 3.05) is 6.61 Å². The lowest BCUT2D eigenvalue weighted by molar-refractivity contribution is 0.362. The van der Waals surface area contributed by atoms with E-state index in [1.165, 1.54) is 4.88 Å². The molecular formula is C14H14N2OS. The average molecular weight is 258 g/mol. The van der Waals surface area contributed by atoms with E-state index in [-0.39, 0.29) is 6.61 Å². The molecule has 0 aliphatic rings. The summed E-state index contributed by atoms with van der Waals surface area (Å²) in [4.78, 5) is 1.31. The maximum atomic E-state index is 8.53. The topological polar surface area (TPSA) is 45.0 Å². The van der Waals surface area contributed by atoms with E-state index in [0.717, 1.165) is 24.4 Å². The average Bonchev–Trinajstić information content (AvgIpc) is 2.91. The second-order valence-electron chi connectivity index (χ2n) is 3.74. The molecule has 0 radical (unpaired) electrons. The fourth-order valence-corrected chi connectivity index (χ4v) is 2.31. The van der Waals surface area contributed by atoms with E-state index in [1.54, 1.807) is 11.3 Å². The van der Waals surface area contributed by atoms with Crippen molar-refractivity contribution in [1.29, 1.82) is 5.26 Å². The van der Waals surface area contributed by atoms with Crippen molar-refractivity contribution in [3.05, 3.63) is 52.2 Å². The minimum absolute atomic E-state index is 0.0853. The Morgan fingerprint density at radius 3 is 2.83 bits per heavy atom. The second-order valence-corrected chi connectivity index (χ2v) is 4.77. The van der Waals surface area contributed by atoms with Crippen LogP contribution in [0.1, 0.15) is 10.4 Å². The molecule has 1 heterocycles. The van der Waals surface area contributed by atoms with Crippen LogP contribution < -0.4 is 10.1 Å². The van der Waals surface area contributed by atoms with Gasteiger partial charge in [0.25, 0.3) is 0 Å². The fourth-order valence-electron chi connectivity index (χ4n) is 1.63. The highest BCUT2D eigenvalue weighted by atomic mass is 32.1. The second kappa shape index (κ2) is 6.80. The Morgan fingerprint density at radius 1 is 1.17 bits per heavy atom. The lowest BCUT2D eigenvalue weighted by Gasteiger charge is -2.09. The quantitative estimate of drug-likeness (QED) is 0.866. The Balaban J connectivity index is 1.90.